The average Bonchev–Trinajstić information content (AvgIpc) is 2.85. The van der Waals surface area contributed by atoms with Gasteiger partial charge in [0, 0.05) is 46.0 Å². The van der Waals surface area contributed by atoms with E-state index in [1.807, 2.05) is 76.2 Å². The van der Waals surface area contributed by atoms with Crippen molar-refractivity contribution in [2.24, 2.45) is 0 Å². The van der Waals surface area contributed by atoms with Gasteiger partial charge >= 0.3 is 0 Å². The molecule has 0 fully saturated rings. The molecule has 0 radical (unpaired) electrons. The van der Waals surface area contributed by atoms with E-state index in [-0.39, 0.29) is 0 Å². The van der Waals surface area contributed by atoms with Gasteiger partial charge in [-0.1, -0.05) is 48.5 Å². The van der Waals surface area contributed by atoms with Crippen LogP contribution in [0, 0.1) is 27.7 Å². The fourth-order valence-electron chi connectivity index (χ4n) is 4.01. The molecule has 0 saturated heterocycles. The molecule has 0 amide bonds. The minimum atomic E-state index is 0.707. The van der Waals surface area contributed by atoms with Crippen LogP contribution in [0.15, 0.2) is 73.1 Å². The van der Waals surface area contributed by atoms with Crippen molar-refractivity contribution in [1.29, 1.82) is 0 Å². The van der Waals surface area contributed by atoms with E-state index in [0.717, 1.165) is 62.2 Å². The van der Waals surface area contributed by atoms with Crippen LogP contribution in [0.3, 0.4) is 0 Å². The molecule has 5 aromatic rings. The Labute approximate surface area is 198 Å². The minimum Gasteiger partial charge on any atom is -0.249 e. The van der Waals surface area contributed by atoms with Crippen LogP contribution in [-0.2, 0) is 0 Å². The highest BCUT2D eigenvalue weighted by atomic mass is 14.9. The summed E-state index contributed by atoms with van der Waals surface area (Å²) in [5.74, 6) is 1.45. The third-order valence-electron chi connectivity index (χ3n) is 5.63. The Hall–Kier alpha value is -4.32. The van der Waals surface area contributed by atoms with Gasteiger partial charge < -0.3 is 0 Å². The van der Waals surface area contributed by atoms with Crippen LogP contribution in [0.25, 0.3) is 45.3 Å². The van der Waals surface area contributed by atoms with Gasteiger partial charge in [-0.2, -0.15) is 0 Å². The average molecular weight is 445 g/mol. The summed E-state index contributed by atoms with van der Waals surface area (Å²) in [5.41, 5.74) is 9.43. The third kappa shape index (κ3) is 4.30. The molecule has 2 aromatic carbocycles. The van der Waals surface area contributed by atoms with Crippen LogP contribution >= 0.6 is 0 Å². The van der Waals surface area contributed by atoms with E-state index in [0.29, 0.717) is 5.82 Å². The van der Waals surface area contributed by atoms with E-state index < -0.39 is 0 Å². The molecule has 3 heterocycles. The summed E-state index contributed by atoms with van der Waals surface area (Å²) in [5, 5.41) is 0. The highest BCUT2D eigenvalue weighted by Gasteiger charge is 2.13. The number of hydrogen-bond acceptors (Lipinski definition) is 6. The lowest BCUT2D eigenvalue weighted by Crippen LogP contribution is -2.00. The summed E-state index contributed by atoms with van der Waals surface area (Å²) < 4.78 is 0. The first kappa shape index (κ1) is 21.5. The van der Waals surface area contributed by atoms with Crippen LogP contribution in [0.5, 0.6) is 0 Å². The maximum absolute atomic E-state index is 4.91. The minimum absolute atomic E-state index is 0.707. The Balaban J connectivity index is 1.44. The lowest BCUT2D eigenvalue weighted by atomic mass is 10.0. The normalized spacial score (nSPS) is 10.9. The Bertz CT molecular complexity index is 1440. The molecule has 6 heteroatoms. The molecule has 0 bridgehead atoms. The summed E-state index contributed by atoms with van der Waals surface area (Å²) >= 11 is 0. The molecule has 0 atom stereocenters. The first-order valence-electron chi connectivity index (χ1n) is 11.1. The quantitative estimate of drug-likeness (QED) is 0.340. The van der Waals surface area contributed by atoms with Gasteiger partial charge in [-0.05, 0) is 39.8 Å². The summed E-state index contributed by atoms with van der Waals surface area (Å²) in [6.07, 6.45) is 3.49. The summed E-state index contributed by atoms with van der Waals surface area (Å²) in [4.78, 5) is 27.6. The molecule has 0 N–H and O–H groups in total. The maximum Gasteiger partial charge on any atom is 0.159 e. The van der Waals surface area contributed by atoms with Crippen LogP contribution in [0.2, 0.25) is 0 Å². The van der Waals surface area contributed by atoms with Gasteiger partial charge in [-0.25, -0.2) is 29.9 Å². The van der Waals surface area contributed by atoms with Crippen molar-refractivity contribution in [3.05, 3.63) is 95.8 Å². The van der Waals surface area contributed by atoms with Crippen molar-refractivity contribution in [3.8, 4) is 45.3 Å². The monoisotopic (exact) mass is 444 g/mol. The number of aryl methyl sites for hydroxylation is 4. The number of rotatable bonds is 4. The first-order valence-corrected chi connectivity index (χ1v) is 11.1. The topological polar surface area (TPSA) is 77.3 Å². The molecule has 0 unspecified atom stereocenters. The first-order chi connectivity index (χ1) is 16.5. The lowest BCUT2D eigenvalue weighted by Gasteiger charge is -2.12. The van der Waals surface area contributed by atoms with Crippen molar-refractivity contribution >= 4 is 0 Å². The molecular formula is C28H24N6. The van der Waals surface area contributed by atoms with Crippen molar-refractivity contribution in [2.75, 3.05) is 0 Å². The zero-order valence-electron chi connectivity index (χ0n) is 19.6. The zero-order chi connectivity index (χ0) is 23.7. The van der Waals surface area contributed by atoms with Crippen molar-refractivity contribution in [3.63, 3.8) is 0 Å². The maximum atomic E-state index is 4.91. The molecule has 5 rings (SSSR count). The Morgan fingerprint density at radius 1 is 0.471 bits per heavy atom. The molecule has 3 aromatic heterocycles. The SMILES string of the molecule is Cc1cc(C)nc(-c2ccc(-c3nc(C)c(-c4ccc(-c5ncccn5)cc4)nc3C)cc2)n1. The highest BCUT2D eigenvalue weighted by molar-refractivity contribution is 5.71. The molecule has 0 aliphatic carbocycles. The standard InChI is InChI=1S/C28H24N6/c1-17-16-18(2)32-28(31-17)24-12-8-22(9-13-24)26-20(4)33-25(19(3)34-26)21-6-10-23(11-7-21)27-29-14-5-15-30-27/h5-16H,1-4H3. The lowest BCUT2D eigenvalue weighted by molar-refractivity contribution is 1.06. The number of aromatic nitrogens is 6. The van der Waals surface area contributed by atoms with Crippen LogP contribution in [0.1, 0.15) is 22.8 Å². The number of benzene rings is 2. The predicted octanol–water partition coefficient (Wildman–Crippen LogP) is 5.96. The van der Waals surface area contributed by atoms with Crippen LogP contribution in [0.4, 0.5) is 0 Å². The van der Waals surface area contributed by atoms with E-state index >= 15 is 0 Å². The van der Waals surface area contributed by atoms with Crippen molar-refractivity contribution < 1.29 is 0 Å². The summed E-state index contributed by atoms with van der Waals surface area (Å²) in [7, 11) is 0. The predicted molar refractivity (Wildman–Crippen MR) is 134 cm³/mol. The Morgan fingerprint density at radius 3 is 1.35 bits per heavy atom. The molecular weight excluding hydrogens is 420 g/mol. The van der Waals surface area contributed by atoms with E-state index in [2.05, 4.69) is 32.1 Å². The number of hydrogen-bond donors (Lipinski definition) is 0. The van der Waals surface area contributed by atoms with Gasteiger partial charge in [-0.3, -0.25) is 0 Å². The van der Waals surface area contributed by atoms with Gasteiger partial charge in [-0.15, -0.1) is 0 Å². The molecule has 0 spiro atoms. The molecule has 0 saturated carbocycles. The second-order valence-corrected chi connectivity index (χ2v) is 8.29. The van der Waals surface area contributed by atoms with Crippen molar-refractivity contribution in [2.45, 2.75) is 27.7 Å². The fraction of sp³-hybridized carbons (Fsp3) is 0.143. The smallest absolute Gasteiger partial charge is 0.159 e. The van der Waals surface area contributed by atoms with Gasteiger partial charge in [0.05, 0.1) is 22.8 Å². The summed E-state index contributed by atoms with van der Waals surface area (Å²) in [6, 6.07) is 20.1. The molecule has 34 heavy (non-hydrogen) atoms. The molecule has 6 nitrogen and oxygen atoms in total. The van der Waals surface area contributed by atoms with Gasteiger partial charge in [0.25, 0.3) is 0 Å². The second kappa shape index (κ2) is 8.90. The largest absolute Gasteiger partial charge is 0.249 e. The molecule has 166 valence electrons. The molecule has 0 aliphatic heterocycles. The number of nitrogens with zero attached hydrogens (tertiary/aromatic N) is 6. The zero-order valence-corrected chi connectivity index (χ0v) is 19.6. The van der Waals surface area contributed by atoms with Crippen LogP contribution in [-0.4, -0.2) is 29.9 Å². The third-order valence-corrected chi connectivity index (χ3v) is 5.63. The Kier molecular flexibility index (Phi) is 5.64. The second-order valence-electron chi connectivity index (χ2n) is 8.29. The molecule has 0 aliphatic rings. The fourth-order valence-corrected chi connectivity index (χ4v) is 4.01. The van der Waals surface area contributed by atoms with E-state index in [4.69, 9.17) is 9.97 Å². The van der Waals surface area contributed by atoms with E-state index in [1.54, 1.807) is 12.4 Å². The van der Waals surface area contributed by atoms with Gasteiger partial charge in [0.1, 0.15) is 0 Å². The van der Waals surface area contributed by atoms with Crippen molar-refractivity contribution in [1.82, 2.24) is 29.9 Å². The van der Waals surface area contributed by atoms with Gasteiger partial charge in [0.15, 0.2) is 11.6 Å². The Morgan fingerprint density at radius 2 is 0.882 bits per heavy atom. The summed E-state index contributed by atoms with van der Waals surface area (Å²) in [6.45, 7) is 7.97. The van der Waals surface area contributed by atoms with E-state index in [9.17, 15) is 0 Å². The van der Waals surface area contributed by atoms with E-state index in [1.165, 1.54) is 0 Å². The van der Waals surface area contributed by atoms with Gasteiger partial charge in [0.2, 0.25) is 0 Å². The van der Waals surface area contributed by atoms with Crippen LogP contribution < -0.4 is 0 Å². The highest BCUT2D eigenvalue weighted by Crippen LogP contribution is 2.29.